The lowest BCUT2D eigenvalue weighted by Crippen LogP contribution is -2.46. The number of rotatable bonds is 3. The van der Waals surface area contributed by atoms with E-state index in [1.54, 1.807) is 0 Å². The smallest absolute Gasteiger partial charge is 0.243 e. The molecule has 5 nitrogen and oxygen atoms in total. The normalized spacial score (nSPS) is 23.2. The molecule has 0 aromatic heterocycles. The van der Waals surface area contributed by atoms with Crippen molar-refractivity contribution in [2.45, 2.75) is 29.9 Å². The first kappa shape index (κ1) is 15.0. The zero-order chi connectivity index (χ0) is 14.4. The van der Waals surface area contributed by atoms with Crippen molar-refractivity contribution in [2.75, 3.05) is 5.73 Å². The summed E-state index contributed by atoms with van der Waals surface area (Å²) in [6.07, 6.45) is 0.0948. The topological polar surface area (TPSA) is 92.4 Å². The summed E-state index contributed by atoms with van der Waals surface area (Å²) in [6.45, 7) is 0. The van der Waals surface area contributed by atoms with E-state index >= 15 is 0 Å². The SMILES string of the molecule is Nc1c(F)c(S(=O)(=O)NC2CC(O)C2)cc(Cl)c1Br. The van der Waals surface area contributed by atoms with Crippen LogP contribution in [0.25, 0.3) is 0 Å². The average Bonchev–Trinajstić information content (AvgIpc) is 2.28. The van der Waals surface area contributed by atoms with E-state index in [1.807, 2.05) is 0 Å². The summed E-state index contributed by atoms with van der Waals surface area (Å²) in [6, 6.07) is 0.595. The third-order valence-corrected chi connectivity index (χ3v) is 5.78. The van der Waals surface area contributed by atoms with Crippen LogP contribution in [-0.4, -0.2) is 25.7 Å². The molecule has 1 saturated carbocycles. The molecule has 2 rings (SSSR count). The van der Waals surface area contributed by atoms with Crippen LogP contribution in [-0.2, 0) is 10.0 Å². The minimum atomic E-state index is -4.06. The highest BCUT2D eigenvalue weighted by atomic mass is 79.9. The summed E-state index contributed by atoms with van der Waals surface area (Å²) in [4.78, 5) is -0.598. The van der Waals surface area contributed by atoms with Gasteiger partial charge < -0.3 is 10.8 Å². The number of nitrogens with one attached hydrogen (secondary N) is 1. The van der Waals surface area contributed by atoms with Crippen LogP contribution in [0.4, 0.5) is 10.1 Å². The molecule has 1 aliphatic rings. The lowest BCUT2D eigenvalue weighted by molar-refractivity contribution is 0.0712. The number of aliphatic hydroxyl groups is 1. The maximum atomic E-state index is 13.9. The van der Waals surface area contributed by atoms with Crippen LogP contribution >= 0.6 is 27.5 Å². The molecular formula is C10H11BrClFN2O3S. The predicted octanol–water partition coefficient (Wildman–Crippen LogP) is 1.63. The maximum Gasteiger partial charge on any atom is 0.243 e. The molecule has 0 bridgehead atoms. The van der Waals surface area contributed by atoms with Crippen molar-refractivity contribution >= 4 is 43.2 Å². The van der Waals surface area contributed by atoms with E-state index < -0.39 is 32.9 Å². The number of benzene rings is 1. The highest BCUT2D eigenvalue weighted by Crippen LogP contribution is 2.35. The molecule has 1 fully saturated rings. The van der Waals surface area contributed by atoms with Crippen LogP contribution in [0, 0.1) is 5.82 Å². The lowest BCUT2D eigenvalue weighted by atomic mass is 9.91. The van der Waals surface area contributed by atoms with E-state index in [9.17, 15) is 12.8 Å². The Labute approximate surface area is 123 Å². The second-order valence-corrected chi connectivity index (χ2v) is 7.22. The van der Waals surface area contributed by atoms with Gasteiger partial charge in [0.2, 0.25) is 10.0 Å². The Bertz CT molecular complexity index is 620. The Morgan fingerprint density at radius 2 is 2.11 bits per heavy atom. The molecule has 0 amide bonds. The Morgan fingerprint density at radius 3 is 2.63 bits per heavy atom. The predicted molar refractivity (Wildman–Crippen MR) is 72.9 cm³/mol. The summed E-state index contributed by atoms with van der Waals surface area (Å²) < 4.78 is 40.4. The molecule has 1 aliphatic carbocycles. The van der Waals surface area contributed by atoms with Gasteiger partial charge in [0.15, 0.2) is 5.82 Å². The minimum Gasteiger partial charge on any atom is -0.395 e. The first-order chi connectivity index (χ1) is 8.72. The van der Waals surface area contributed by atoms with Crippen molar-refractivity contribution in [1.82, 2.24) is 4.72 Å². The number of halogens is 3. The first-order valence-electron chi connectivity index (χ1n) is 5.35. The average molecular weight is 374 g/mol. The second kappa shape index (κ2) is 5.17. The van der Waals surface area contributed by atoms with Crippen molar-refractivity contribution in [3.05, 3.63) is 21.4 Å². The van der Waals surface area contributed by atoms with Gasteiger partial charge in [-0.3, -0.25) is 0 Å². The van der Waals surface area contributed by atoms with Gasteiger partial charge in [-0.1, -0.05) is 11.6 Å². The Morgan fingerprint density at radius 1 is 1.53 bits per heavy atom. The maximum absolute atomic E-state index is 13.9. The molecule has 0 saturated heterocycles. The van der Waals surface area contributed by atoms with Gasteiger partial charge in [0.05, 0.1) is 21.3 Å². The van der Waals surface area contributed by atoms with Gasteiger partial charge in [0.25, 0.3) is 0 Å². The summed E-state index contributed by atoms with van der Waals surface area (Å²) in [5, 5.41) is 9.12. The lowest BCUT2D eigenvalue weighted by Gasteiger charge is -2.31. The van der Waals surface area contributed by atoms with Gasteiger partial charge in [-0.15, -0.1) is 0 Å². The molecule has 4 N–H and O–H groups in total. The van der Waals surface area contributed by atoms with Gasteiger partial charge >= 0.3 is 0 Å². The third kappa shape index (κ3) is 2.87. The highest BCUT2D eigenvalue weighted by Gasteiger charge is 2.33. The zero-order valence-electron chi connectivity index (χ0n) is 9.53. The van der Waals surface area contributed by atoms with Crippen LogP contribution < -0.4 is 10.5 Å². The minimum absolute atomic E-state index is 0.00733. The van der Waals surface area contributed by atoms with Crippen LogP contribution in [0.2, 0.25) is 5.02 Å². The summed E-state index contributed by atoms with van der Waals surface area (Å²) in [5.41, 5.74) is 5.08. The first-order valence-corrected chi connectivity index (χ1v) is 8.01. The number of aliphatic hydroxyl groups excluding tert-OH is 1. The number of nitrogen functional groups attached to an aromatic ring is 1. The number of hydrogen-bond acceptors (Lipinski definition) is 4. The molecule has 0 heterocycles. The third-order valence-electron chi connectivity index (χ3n) is 2.88. The van der Waals surface area contributed by atoms with Gasteiger partial charge in [0, 0.05) is 6.04 Å². The fourth-order valence-corrected chi connectivity index (χ4v) is 3.70. The monoisotopic (exact) mass is 372 g/mol. The van der Waals surface area contributed by atoms with Gasteiger partial charge in [-0.25, -0.2) is 17.5 Å². The molecular weight excluding hydrogens is 363 g/mol. The largest absolute Gasteiger partial charge is 0.395 e. The van der Waals surface area contributed by atoms with E-state index in [2.05, 4.69) is 20.7 Å². The fraction of sp³-hybridized carbons (Fsp3) is 0.400. The number of nitrogens with two attached hydrogens (primary N) is 1. The molecule has 19 heavy (non-hydrogen) atoms. The van der Waals surface area contributed by atoms with Crippen LogP contribution in [0.15, 0.2) is 15.4 Å². The number of hydrogen-bond donors (Lipinski definition) is 3. The molecule has 0 aliphatic heterocycles. The standard InChI is InChI=1S/C10H11BrClFN2O3S/c11-8-6(12)3-7(9(13)10(8)14)19(17,18)15-4-1-5(16)2-4/h3-5,15-16H,1-2,14H2. The van der Waals surface area contributed by atoms with Gasteiger partial charge in [0.1, 0.15) is 4.90 Å². The van der Waals surface area contributed by atoms with E-state index in [0.717, 1.165) is 6.07 Å². The zero-order valence-corrected chi connectivity index (χ0v) is 12.7. The van der Waals surface area contributed by atoms with Crippen molar-refractivity contribution in [3.8, 4) is 0 Å². The van der Waals surface area contributed by atoms with Crippen molar-refractivity contribution in [3.63, 3.8) is 0 Å². The highest BCUT2D eigenvalue weighted by molar-refractivity contribution is 9.10. The molecule has 0 atom stereocenters. The van der Waals surface area contributed by atoms with E-state index in [-0.39, 0.29) is 15.2 Å². The molecule has 1 aromatic rings. The Balaban J connectivity index is 2.35. The number of anilines is 1. The molecule has 1 aromatic carbocycles. The molecule has 0 unspecified atom stereocenters. The van der Waals surface area contributed by atoms with Crippen LogP contribution in [0.3, 0.4) is 0 Å². The summed E-state index contributed by atoms with van der Waals surface area (Å²) >= 11 is 8.75. The number of sulfonamides is 1. The van der Waals surface area contributed by atoms with Crippen molar-refractivity contribution in [1.29, 1.82) is 0 Å². The molecule has 106 valence electrons. The van der Waals surface area contributed by atoms with Crippen LogP contribution in [0.5, 0.6) is 0 Å². The van der Waals surface area contributed by atoms with E-state index in [0.29, 0.717) is 12.8 Å². The Kier molecular flexibility index (Phi) is 4.08. The van der Waals surface area contributed by atoms with Gasteiger partial charge in [-0.05, 0) is 34.8 Å². The summed E-state index contributed by atoms with van der Waals surface area (Å²) in [7, 11) is -4.06. The van der Waals surface area contributed by atoms with Gasteiger partial charge in [-0.2, -0.15) is 0 Å². The van der Waals surface area contributed by atoms with Crippen molar-refractivity contribution < 1.29 is 17.9 Å². The van der Waals surface area contributed by atoms with Crippen molar-refractivity contribution in [2.24, 2.45) is 0 Å². The fourth-order valence-electron chi connectivity index (χ4n) is 1.76. The van der Waals surface area contributed by atoms with E-state index in [4.69, 9.17) is 22.4 Å². The Hall–Kier alpha value is -0.410. The molecule has 0 spiro atoms. The second-order valence-electron chi connectivity index (χ2n) is 4.34. The summed E-state index contributed by atoms with van der Waals surface area (Å²) in [5.74, 6) is -1.05. The quantitative estimate of drug-likeness (QED) is 0.554. The molecule has 0 radical (unpaired) electrons. The van der Waals surface area contributed by atoms with E-state index in [1.165, 1.54) is 0 Å². The molecule has 9 heteroatoms. The van der Waals surface area contributed by atoms with Crippen LogP contribution in [0.1, 0.15) is 12.8 Å².